The van der Waals surface area contributed by atoms with Crippen LogP contribution in [-0.4, -0.2) is 49.4 Å². The van der Waals surface area contributed by atoms with Gasteiger partial charge in [0.25, 0.3) is 0 Å². The second kappa shape index (κ2) is 3.54. The number of nitrogens with two attached hydrogens (primary N) is 1. The molecule has 1 saturated heterocycles. The van der Waals surface area contributed by atoms with Crippen LogP contribution in [0.25, 0.3) is 0 Å². The molecule has 0 aliphatic carbocycles. The third-order valence-electron chi connectivity index (χ3n) is 1.73. The smallest absolute Gasteiger partial charge is 0.329 e. The van der Waals surface area contributed by atoms with Crippen LogP contribution in [0.15, 0.2) is 0 Å². The predicted molar refractivity (Wildman–Crippen MR) is 39.7 cm³/mol. The highest BCUT2D eigenvalue weighted by molar-refractivity contribution is 5.71. The number of carbonyl (C=O) groups excluding carboxylic acids is 1. The van der Waals surface area contributed by atoms with Crippen molar-refractivity contribution < 1.29 is 9.53 Å². The molecule has 0 bridgehead atoms. The van der Waals surface area contributed by atoms with Crippen molar-refractivity contribution in [2.24, 2.45) is 5.73 Å². The second-order valence-electron chi connectivity index (χ2n) is 2.43. The van der Waals surface area contributed by atoms with E-state index in [4.69, 9.17) is 10.5 Å². The van der Waals surface area contributed by atoms with Crippen molar-refractivity contribution >= 4 is 6.03 Å². The van der Waals surface area contributed by atoms with Crippen molar-refractivity contribution in [2.75, 3.05) is 33.4 Å². The zero-order chi connectivity index (χ0) is 8.27. The summed E-state index contributed by atoms with van der Waals surface area (Å²) in [5.74, 6) is 0. The molecule has 5 heteroatoms. The first-order valence-electron chi connectivity index (χ1n) is 3.57. The van der Waals surface area contributed by atoms with Crippen LogP contribution in [-0.2, 0) is 4.74 Å². The number of hydrogen-bond acceptors (Lipinski definition) is 3. The number of rotatable bonds is 1. The molecule has 2 amide bonds. The fourth-order valence-corrected chi connectivity index (χ4v) is 0.993. The predicted octanol–water partition coefficient (Wildman–Crippen LogP) is -0.756. The number of urea groups is 1. The Balaban J connectivity index is 2.38. The number of amides is 2. The van der Waals surface area contributed by atoms with Gasteiger partial charge in [-0.15, -0.1) is 0 Å². The van der Waals surface area contributed by atoms with E-state index in [9.17, 15) is 4.79 Å². The Morgan fingerprint density at radius 3 is 2.55 bits per heavy atom. The van der Waals surface area contributed by atoms with Crippen LogP contribution in [0, 0.1) is 0 Å². The average Bonchev–Trinajstić information content (AvgIpc) is 2.05. The minimum Gasteiger partial charge on any atom is -0.379 e. The molecule has 1 aliphatic rings. The van der Waals surface area contributed by atoms with Gasteiger partial charge in [0, 0.05) is 20.1 Å². The Morgan fingerprint density at radius 2 is 2.09 bits per heavy atom. The molecule has 0 unspecified atom stereocenters. The second-order valence-corrected chi connectivity index (χ2v) is 2.43. The van der Waals surface area contributed by atoms with Gasteiger partial charge in [0.15, 0.2) is 0 Å². The first kappa shape index (κ1) is 8.29. The molecule has 0 radical (unpaired) electrons. The molecule has 0 saturated carbocycles. The Kier molecular flexibility index (Phi) is 2.67. The summed E-state index contributed by atoms with van der Waals surface area (Å²) in [6.07, 6.45) is 0. The Hall–Kier alpha value is -0.810. The summed E-state index contributed by atoms with van der Waals surface area (Å²) in [7, 11) is 1.66. The standard InChI is InChI=1S/C6H13N3O2/c1-8(6(7)10)9-2-4-11-5-3-9/h2-5H2,1H3,(H2,7,10). The Morgan fingerprint density at radius 1 is 1.55 bits per heavy atom. The number of hydrazine groups is 1. The molecule has 11 heavy (non-hydrogen) atoms. The first-order valence-corrected chi connectivity index (χ1v) is 3.57. The number of carbonyl (C=O) groups is 1. The van der Waals surface area contributed by atoms with Crippen LogP contribution in [0.2, 0.25) is 0 Å². The van der Waals surface area contributed by atoms with Crippen molar-refractivity contribution in [3.8, 4) is 0 Å². The van der Waals surface area contributed by atoms with Gasteiger partial charge in [-0.25, -0.2) is 9.80 Å². The maximum atomic E-state index is 10.7. The van der Waals surface area contributed by atoms with Crippen molar-refractivity contribution in [2.45, 2.75) is 0 Å². The van der Waals surface area contributed by atoms with Gasteiger partial charge in [-0.1, -0.05) is 0 Å². The molecule has 0 aromatic rings. The van der Waals surface area contributed by atoms with Gasteiger partial charge < -0.3 is 10.5 Å². The number of nitrogens with zero attached hydrogens (tertiary/aromatic N) is 2. The minimum absolute atomic E-state index is 0.424. The lowest BCUT2D eigenvalue weighted by Gasteiger charge is -2.33. The quantitative estimate of drug-likeness (QED) is 0.547. The molecule has 2 N–H and O–H groups in total. The molecule has 5 nitrogen and oxygen atoms in total. The topological polar surface area (TPSA) is 58.8 Å². The molecule has 1 rings (SSSR count). The highest BCUT2D eigenvalue weighted by Gasteiger charge is 2.16. The number of hydrogen-bond donors (Lipinski definition) is 1. The molecule has 64 valence electrons. The highest BCUT2D eigenvalue weighted by Crippen LogP contribution is 1.99. The molecule has 1 aliphatic heterocycles. The maximum absolute atomic E-state index is 10.7. The van der Waals surface area contributed by atoms with Crippen molar-refractivity contribution in [1.82, 2.24) is 10.0 Å². The maximum Gasteiger partial charge on any atom is 0.329 e. The molecule has 0 aromatic heterocycles. The van der Waals surface area contributed by atoms with E-state index in [1.54, 1.807) is 7.05 Å². The van der Waals surface area contributed by atoms with E-state index in [1.165, 1.54) is 5.01 Å². The third-order valence-corrected chi connectivity index (χ3v) is 1.73. The van der Waals surface area contributed by atoms with Gasteiger partial charge in [0.1, 0.15) is 0 Å². The summed E-state index contributed by atoms with van der Waals surface area (Å²) in [6.45, 7) is 2.80. The molecular weight excluding hydrogens is 146 g/mol. The number of primary amides is 1. The van der Waals surface area contributed by atoms with E-state index in [-0.39, 0.29) is 0 Å². The highest BCUT2D eigenvalue weighted by atomic mass is 16.5. The van der Waals surface area contributed by atoms with Crippen LogP contribution < -0.4 is 5.73 Å². The summed E-state index contributed by atoms with van der Waals surface area (Å²) in [5, 5.41) is 3.29. The third kappa shape index (κ3) is 2.06. The van der Waals surface area contributed by atoms with Crippen LogP contribution in [0.3, 0.4) is 0 Å². The normalized spacial score (nSPS) is 19.7. The largest absolute Gasteiger partial charge is 0.379 e. The molecule has 1 heterocycles. The van der Waals surface area contributed by atoms with Crippen LogP contribution in [0.1, 0.15) is 0 Å². The summed E-state index contributed by atoms with van der Waals surface area (Å²) < 4.78 is 5.11. The number of morpholine rings is 1. The van der Waals surface area contributed by atoms with Gasteiger partial charge in [-0.3, -0.25) is 5.01 Å². The van der Waals surface area contributed by atoms with E-state index >= 15 is 0 Å². The SMILES string of the molecule is CN(C(N)=O)N1CCOCC1. The van der Waals surface area contributed by atoms with Gasteiger partial charge >= 0.3 is 6.03 Å². The van der Waals surface area contributed by atoms with E-state index in [2.05, 4.69) is 0 Å². The van der Waals surface area contributed by atoms with Crippen LogP contribution in [0.5, 0.6) is 0 Å². The minimum atomic E-state index is -0.424. The van der Waals surface area contributed by atoms with Gasteiger partial charge in [0.05, 0.1) is 13.2 Å². The molecule has 0 aromatic carbocycles. The lowest BCUT2D eigenvalue weighted by atomic mass is 10.5. The zero-order valence-corrected chi connectivity index (χ0v) is 6.62. The summed E-state index contributed by atoms with van der Waals surface area (Å²) >= 11 is 0. The zero-order valence-electron chi connectivity index (χ0n) is 6.62. The van der Waals surface area contributed by atoms with E-state index in [0.29, 0.717) is 13.2 Å². The number of ether oxygens (including phenoxy) is 1. The molecule has 0 spiro atoms. The monoisotopic (exact) mass is 159 g/mol. The van der Waals surface area contributed by atoms with Gasteiger partial charge in [-0.2, -0.15) is 0 Å². The Labute approximate surface area is 65.7 Å². The average molecular weight is 159 g/mol. The first-order chi connectivity index (χ1) is 5.22. The lowest BCUT2D eigenvalue weighted by molar-refractivity contribution is -0.0488. The summed E-state index contributed by atoms with van der Waals surface area (Å²) in [6, 6.07) is -0.424. The molecule has 1 fully saturated rings. The van der Waals surface area contributed by atoms with E-state index < -0.39 is 6.03 Å². The van der Waals surface area contributed by atoms with Crippen molar-refractivity contribution in [3.05, 3.63) is 0 Å². The van der Waals surface area contributed by atoms with Crippen molar-refractivity contribution in [1.29, 1.82) is 0 Å². The van der Waals surface area contributed by atoms with Crippen LogP contribution >= 0.6 is 0 Å². The Bertz CT molecular complexity index is 145. The van der Waals surface area contributed by atoms with Crippen molar-refractivity contribution in [3.63, 3.8) is 0 Å². The van der Waals surface area contributed by atoms with Gasteiger partial charge in [0.2, 0.25) is 0 Å². The van der Waals surface area contributed by atoms with E-state index in [1.807, 2.05) is 5.01 Å². The summed E-state index contributed by atoms with van der Waals surface area (Å²) in [4.78, 5) is 10.7. The molecular formula is C6H13N3O2. The molecule has 0 atom stereocenters. The van der Waals surface area contributed by atoms with Gasteiger partial charge in [-0.05, 0) is 0 Å². The van der Waals surface area contributed by atoms with Crippen LogP contribution in [0.4, 0.5) is 4.79 Å². The summed E-state index contributed by atoms with van der Waals surface area (Å²) in [5.41, 5.74) is 5.07. The fraction of sp³-hybridized carbons (Fsp3) is 0.833. The fourth-order valence-electron chi connectivity index (χ4n) is 0.993. The lowest BCUT2D eigenvalue weighted by Crippen LogP contribution is -2.51. The van der Waals surface area contributed by atoms with E-state index in [0.717, 1.165) is 13.1 Å².